The minimum absolute atomic E-state index is 0.0372. The number of halogens is 5. The third-order valence-corrected chi connectivity index (χ3v) is 6.06. The standard InChI is InChI=1S/C26H21ClF4N2O2/c1-3-32(4-2)26(34)35-24-8-7-23-17(25(24)15-5-6-19(28)18(27)11-15)9-10-33(23)14-16-12-21(30)22(31)13-20(16)29/h5-13H,3-4,14H2,1-2H3. The molecule has 0 aliphatic carbocycles. The summed E-state index contributed by atoms with van der Waals surface area (Å²) in [5, 5.41) is 0.504. The van der Waals surface area contributed by atoms with Crippen molar-refractivity contribution in [2.75, 3.05) is 13.1 Å². The summed E-state index contributed by atoms with van der Waals surface area (Å²) in [6.45, 7) is 4.48. The van der Waals surface area contributed by atoms with Crippen LogP contribution >= 0.6 is 11.6 Å². The SMILES string of the molecule is CCN(CC)C(=O)Oc1ccc2c(ccn2Cc2cc(F)c(F)cc2F)c1-c1ccc(F)c(Cl)c1. The maximum absolute atomic E-state index is 14.3. The Bertz CT molecular complexity index is 1420. The first-order valence-electron chi connectivity index (χ1n) is 10.9. The van der Waals surface area contributed by atoms with E-state index in [0.717, 1.165) is 6.07 Å². The first kappa shape index (κ1) is 24.6. The van der Waals surface area contributed by atoms with E-state index >= 15 is 0 Å². The summed E-state index contributed by atoms with van der Waals surface area (Å²) >= 11 is 6.02. The van der Waals surface area contributed by atoms with Gasteiger partial charge in [-0.1, -0.05) is 17.7 Å². The second kappa shape index (κ2) is 10.00. The number of benzene rings is 3. The summed E-state index contributed by atoms with van der Waals surface area (Å²) in [7, 11) is 0. The fraction of sp³-hybridized carbons (Fsp3) is 0.192. The average Bonchev–Trinajstić information content (AvgIpc) is 3.22. The van der Waals surface area contributed by atoms with Crippen LogP contribution in [-0.4, -0.2) is 28.6 Å². The molecule has 0 N–H and O–H groups in total. The lowest BCUT2D eigenvalue weighted by atomic mass is 10.0. The molecule has 4 aromatic rings. The van der Waals surface area contributed by atoms with E-state index in [9.17, 15) is 22.4 Å². The van der Waals surface area contributed by atoms with Gasteiger partial charge in [0.25, 0.3) is 0 Å². The zero-order valence-electron chi connectivity index (χ0n) is 18.9. The number of fused-ring (bicyclic) bond motifs is 1. The zero-order chi connectivity index (χ0) is 25.3. The van der Waals surface area contributed by atoms with Gasteiger partial charge in [-0.25, -0.2) is 22.4 Å². The van der Waals surface area contributed by atoms with E-state index in [2.05, 4.69) is 0 Å². The van der Waals surface area contributed by atoms with Crippen molar-refractivity contribution in [3.63, 3.8) is 0 Å². The molecule has 1 amide bonds. The van der Waals surface area contributed by atoms with Gasteiger partial charge in [-0.3, -0.25) is 0 Å². The Labute approximate surface area is 204 Å². The second-order valence-electron chi connectivity index (χ2n) is 7.84. The highest BCUT2D eigenvalue weighted by atomic mass is 35.5. The molecule has 0 aliphatic heterocycles. The van der Waals surface area contributed by atoms with E-state index in [1.807, 2.05) is 13.8 Å². The molecular formula is C26H21ClF4N2O2. The molecule has 35 heavy (non-hydrogen) atoms. The van der Waals surface area contributed by atoms with Gasteiger partial charge in [-0.2, -0.15) is 0 Å². The van der Waals surface area contributed by atoms with Crippen molar-refractivity contribution < 1.29 is 27.1 Å². The molecule has 9 heteroatoms. The molecule has 0 unspecified atom stereocenters. The van der Waals surface area contributed by atoms with Crippen molar-refractivity contribution in [3.8, 4) is 16.9 Å². The highest BCUT2D eigenvalue weighted by Crippen LogP contribution is 2.39. The van der Waals surface area contributed by atoms with E-state index in [0.29, 0.717) is 41.2 Å². The van der Waals surface area contributed by atoms with Crippen LogP contribution in [0.15, 0.2) is 54.7 Å². The van der Waals surface area contributed by atoms with Gasteiger partial charge in [0.15, 0.2) is 11.6 Å². The number of nitrogens with zero attached hydrogens (tertiary/aromatic N) is 2. The molecule has 0 bridgehead atoms. The van der Waals surface area contributed by atoms with Crippen LogP contribution in [0.4, 0.5) is 22.4 Å². The molecule has 0 saturated heterocycles. The Balaban J connectivity index is 1.84. The summed E-state index contributed by atoms with van der Waals surface area (Å²) in [5.41, 5.74) is 1.55. The van der Waals surface area contributed by atoms with Crippen LogP contribution in [0, 0.1) is 23.3 Å². The Kier molecular flexibility index (Phi) is 7.03. The summed E-state index contributed by atoms with van der Waals surface area (Å²) < 4.78 is 62.5. The number of carbonyl (C=O) groups excluding carboxylic acids is 1. The first-order valence-corrected chi connectivity index (χ1v) is 11.3. The van der Waals surface area contributed by atoms with Crippen molar-refractivity contribution in [1.82, 2.24) is 9.47 Å². The summed E-state index contributed by atoms with van der Waals surface area (Å²) in [6, 6.07) is 10.4. The van der Waals surface area contributed by atoms with E-state index in [1.165, 1.54) is 23.1 Å². The number of hydrogen-bond acceptors (Lipinski definition) is 2. The quantitative estimate of drug-likeness (QED) is 0.202. The number of rotatable bonds is 6. The minimum Gasteiger partial charge on any atom is -0.410 e. The van der Waals surface area contributed by atoms with Gasteiger partial charge >= 0.3 is 6.09 Å². The number of amides is 1. The second-order valence-corrected chi connectivity index (χ2v) is 8.25. The molecule has 0 radical (unpaired) electrons. The fourth-order valence-corrected chi connectivity index (χ4v) is 4.11. The summed E-state index contributed by atoms with van der Waals surface area (Å²) in [4.78, 5) is 14.2. The number of hydrogen-bond donors (Lipinski definition) is 0. The maximum atomic E-state index is 14.3. The molecule has 3 aromatic carbocycles. The molecule has 1 aromatic heterocycles. The van der Waals surface area contributed by atoms with Crippen LogP contribution in [-0.2, 0) is 6.54 Å². The Morgan fingerprint density at radius 1 is 0.914 bits per heavy atom. The molecule has 0 atom stereocenters. The number of carbonyl (C=O) groups is 1. The predicted molar refractivity (Wildman–Crippen MR) is 127 cm³/mol. The lowest BCUT2D eigenvalue weighted by Gasteiger charge is -2.20. The molecule has 0 spiro atoms. The van der Waals surface area contributed by atoms with Crippen LogP contribution in [0.2, 0.25) is 5.02 Å². The number of aromatic nitrogens is 1. The number of ether oxygens (including phenoxy) is 1. The van der Waals surface area contributed by atoms with Crippen LogP contribution in [0.3, 0.4) is 0 Å². The molecule has 4 rings (SSSR count). The van der Waals surface area contributed by atoms with Gasteiger partial charge in [0.05, 0.1) is 11.6 Å². The topological polar surface area (TPSA) is 34.5 Å². The smallest absolute Gasteiger partial charge is 0.410 e. The first-order chi connectivity index (χ1) is 16.7. The molecule has 182 valence electrons. The van der Waals surface area contributed by atoms with Gasteiger partial charge < -0.3 is 14.2 Å². The van der Waals surface area contributed by atoms with E-state index < -0.39 is 29.4 Å². The van der Waals surface area contributed by atoms with Crippen LogP contribution in [0.25, 0.3) is 22.0 Å². The molecule has 4 nitrogen and oxygen atoms in total. The molecular weight excluding hydrogens is 484 g/mol. The molecule has 1 heterocycles. The molecule has 0 saturated carbocycles. The van der Waals surface area contributed by atoms with E-state index in [-0.39, 0.29) is 22.9 Å². The highest BCUT2D eigenvalue weighted by molar-refractivity contribution is 6.31. The molecule has 0 fully saturated rings. The van der Waals surface area contributed by atoms with Crippen LogP contribution in [0.5, 0.6) is 5.75 Å². The molecule has 0 aliphatic rings. The predicted octanol–water partition coefficient (Wildman–Crippen LogP) is 7.41. The van der Waals surface area contributed by atoms with Gasteiger partial charge in [0, 0.05) is 47.4 Å². The summed E-state index contributed by atoms with van der Waals surface area (Å²) in [5.74, 6) is -3.66. The Morgan fingerprint density at radius 2 is 1.63 bits per heavy atom. The van der Waals surface area contributed by atoms with E-state index in [1.54, 1.807) is 29.0 Å². The van der Waals surface area contributed by atoms with Crippen molar-refractivity contribution in [1.29, 1.82) is 0 Å². The normalized spacial score (nSPS) is 11.2. The maximum Gasteiger partial charge on any atom is 0.415 e. The zero-order valence-corrected chi connectivity index (χ0v) is 19.7. The van der Waals surface area contributed by atoms with Gasteiger partial charge in [-0.15, -0.1) is 0 Å². The largest absolute Gasteiger partial charge is 0.415 e. The van der Waals surface area contributed by atoms with E-state index in [4.69, 9.17) is 16.3 Å². The van der Waals surface area contributed by atoms with Crippen molar-refractivity contribution in [3.05, 3.63) is 88.6 Å². The average molecular weight is 505 g/mol. The van der Waals surface area contributed by atoms with Crippen LogP contribution < -0.4 is 4.74 Å². The summed E-state index contributed by atoms with van der Waals surface area (Å²) in [6.07, 6.45) is 1.10. The monoisotopic (exact) mass is 504 g/mol. The lowest BCUT2D eigenvalue weighted by Crippen LogP contribution is -2.33. The van der Waals surface area contributed by atoms with Gasteiger partial charge in [-0.05, 0) is 55.8 Å². The van der Waals surface area contributed by atoms with Crippen molar-refractivity contribution >= 4 is 28.6 Å². The Hall–Kier alpha value is -3.52. The lowest BCUT2D eigenvalue weighted by molar-refractivity contribution is 0.157. The Morgan fingerprint density at radius 3 is 2.31 bits per heavy atom. The fourth-order valence-electron chi connectivity index (χ4n) is 3.93. The third kappa shape index (κ3) is 4.84. The minimum atomic E-state index is -1.27. The van der Waals surface area contributed by atoms with Crippen LogP contribution in [0.1, 0.15) is 19.4 Å². The third-order valence-electron chi connectivity index (χ3n) is 5.77. The van der Waals surface area contributed by atoms with Crippen molar-refractivity contribution in [2.24, 2.45) is 0 Å². The van der Waals surface area contributed by atoms with Gasteiger partial charge in [0.1, 0.15) is 17.4 Å². The van der Waals surface area contributed by atoms with Gasteiger partial charge in [0.2, 0.25) is 0 Å². The van der Waals surface area contributed by atoms with Crippen molar-refractivity contribution in [2.45, 2.75) is 20.4 Å². The highest BCUT2D eigenvalue weighted by Gasteiger charge is 2.20.